The molecule has 0 atom stereocenters. The zero-order valence-corrected chi connectivity index (χ0v) is 11.6. The largest absolute Gasteiger partial charge is 0.493 e. The zero-order chi connectivity index (χ0) is 13.5. The molecule has 0 spiro atoms. The molecule has 1 rings (SSSR count). The molecule has 0 N–H and O–H groups in total. The predicted molar refractivity (Wildman–Crippen MR) is 69.4 cm³/mol. The Hall–Kier alpha value is -1.46. The van der Waals surface area contributed by atoms with Crippen molar-refractivity contribution in [1.82, 2.24) is 4.90 Å². The van der Waals surface area contributed by atoms with Gasteiger partial charge < -0.3 is 18.9 Å². The van der Waals surface area contributed by atoms with E-state index in [2.05, 4.69) is 0 Å². The highest BCUT2D eigenvalue weighted by molar-refractivity contribution is 5.53. The minimum Gasteiger partial charge on any atom is -0.493 e. The first kappa shape index (κ1) is 14.6. The minimum atomic E-state index is 0.566. The van der Waals surface area contributed by atoms with Gasteiger partial charge in [0.05, 0.1) is 28.1 Å². The number of rotatable bonds is 7. The molecule has 1 aromatic rings. The molecule has 0 aromatic heterocycles. The van der Waals surface area contributed by atoms with Crippen molar-refractivity contribution in [2.75, 3.05) is 42.2 Å². The third-order valence-electron chi connectivity index (χ3n) is 2.53. The Bertz CT molecular complexity index is 356. The molecule has 0 saturated carbocycles. The average Bonchev–Trinajstić information content (AvgIpc) is 2.37. The lowest BCUT2D eigenvalue weighted by atomic mass is 10.1. The first-order valence-corrected chi connectivity index (χ1v) is 5.62. The maximum Gasteiger partial charge on any atom is 0.203 e. The summed E-state index contributed by atoms with van der Waals surface area (Å²) in [6.45, 7) is 1.31. The second kappa shape index (κ2) is 7.08. The van der Waals surface area contributed by atoms with Crippen LogP contribution < -0.4 is 14.2 Å². The van der Waals surface area contributed by atoms with Crippen LogP contribution in [0.4, 0.5) is 0 Å². The monoisotopic (exact) mass is 255 g/mol. The Morgan fingerprint density at radius 1 is 0.944 bits per heavy atom. The Morgan fingerprint density at radius 2 is 1.50 bits per heavy atom. The fourth-order valence-corrected chi connectivity index (χ4v) is 1.80. The van der Waals surface area contributed by atoms with Crippen molar-refractivity contribution in [3.63, 3.8) is 0 Å². The zero-order valence-electron chi connectivity index (χ0n) is 11.6. The van der Waals surface area contributed by atoms with Gasteiger partial charge in [0.25, 0.3) is 0 Å². The van der Waals surface area contributed by atoms with E-state index in [0.29, 0.717) is 24.0 Å². The normalized spacial score (nSPS) is 10.6. The Labute approximate surface area is 108 Å². The van der Waals surface area contributed by atoms with E-state index in [1.165, 1.54) is 0 Å². The van der Waals surface area contributed by atoms with E-state index in [9.17, 15) is 0 Å². The fraction of sp³-hybridized carbons (Fsp3) is 0.538. The topological polar surface area (TPSA) is 40.2 Å². The van der Waals surface area contributed by atoms with Crippen LogP contribution >= 0.6 is 0 Å². The summed E-state index contributed by atoms with van der Waals surface area (Å²) in [6.07, 6.45) is 0. The SMILES string of the molecule is COCN(C)Cc1cc(OC)c(OC)c(OC)c1. The molecule has 0 aliphatic heterocycles. The van der Waals surface area contributed by atoms with Crippen molar-refractivity contribution in [1.29, 1.82) is 0 Å². The van der Waals surface area contributed by atoms with Gasteiger partial charge in [0.1, 0.15) is 0 Å². The highest BCUT2D eigenvalue weighted by Gasteiger charge is 2.13. The Kier molecular flexibility index (Phi) is 5.74. The highest BCUT2D eigenvalue weighted by atomic mass is 16.5. The average molecular weight is 255 g/mol. The molecule has 5 nitrogen and oxygen atoms in total. The quantitative estimate of drug-likeness (QED) is 0.694. The number of benzene rings is 1. The third kappa shape index (κ3) is 3.51. The second-order valence-electron chi connectivity index (χ2n) is 3.97. The van der Waals surface area contributed by atoms with Gasteiger partial charge in [-0.05, 0) is 24.7 Å². The van der Waals surface area contributed by atoms with Gasteiger partial charge in [-0.2, -0.15) is 0 Å². The maximum atomic E-state index is 5.31. The second-order valence-corrected chi connectivity index (χ2v) is 3.97. The van der Waals surface area contributed by atoms with E-state index in [4.69, 9.17) is 18.9 Å². The van der Waals surface area contributed by atoms with Crippen LogP contribution in [-0.4, -0.2) is 47.1 Å². The van der Waals surface area contributed by atoms with Crippen molar-refractivity contribution in [3.8, 4) is 17.2 Å². The van der Waals surface area contributed by atoms with Crippen LogP contribution in [0.2, 0.25) is 0 Å². The van der Waals surface area contributed by atoms with Crippen molar-refractivity contribution >= 4 is 0 Å². The molecule has 0 fully saturated rings. The van der Waals surface area contributed by atoms with Gasteiger partial charge in [-0.3, -0.25) is 4.90 Å². The molecule has 0 radical (unpaired) electrons. The first-order chi connectivity index (χ1) is 8.65. The summed E-state index contributed by atoms with van der Waals surface area (Å²) >= 11 is 0. The molecule has 0 heterocycles. The molecule has 0 amide bonds. The van der Waals surface area contributed by atoms with E-state index < -0.39 is 0 Å². The van der Waals surface area contributed by atoms with Crippen molar-refractivity contribution in [2.45, 2.75) is 6.54 Å². The number of hydrogen-bond acceptors (Lipinski definition) is 5. The number of nitrogens with zero attached hydrogens (tertiary/aromatic N) is 1. The molecule has 0 aliphatic rings. The molecular formula is C13H21NO4. The van der Waals surface area contributed by atoms with Gasteiger partial charge >= 0.3 is 0 Å². The summed E-state index contributed by atoms with van der Waals surface area (Å²) < 4.78 is 21.0. The standard InChI is InChI=1S/C13H21NO4/c1-14(9-15-2)8-10-6-11(16-3)13(18-5)12(7-10)17-4/h6-7H,8-9H2,1-5H3. The van der Waals surface area contributed by atoms with Gasteiger partial charge in [0.2, 0.25) is 5.75 Å². The van der Waals surface area contributed by atoms with Gasteiger partial charge in [-0.1, -0.05) is 0 Å². The number of methoxy groups -OCH3 is 4. The predicted octanol–water partition coefficient (Wildman–Crippen LogP) is 1.75. The van der Waals surface area contributed by atoms with E-state index in [0.717, 1.165) is 12.1 Å². The molecule has 0 saturated heterocycles. The maximum absolute atomic E-state index is 5.31. The Balaban J connectivity index is 2.99. The van der Waals surface area contributed by atoms with Crippen molar-refractivity contribution < 1.29 is 18.9 Å². The molecular weight excluding hydrogens is 234 g/mol. The summed E-state index contributed by atoms with van der Waals surface area (Å²) in [6, 6.07) is 3.88. The van der Waals surface area contributed by atoms with Crippen LogP contribution in [0, 0.1) is 0 Å². The summed E-state index contributed by atoms with van der Waals surface area (Å²) in [4.78, 5) is 2.04. The van der Waals surface area contributed by atoms with E-state index in [1.54, 1.807) is 28.4 Å². The summed E-state index contributed by atoms with van der Waals surface area (Å²) in [5.41, 5.74) is 1.07. The van der Waals surface area contributed by atoms with Crippen LogP contribution in [0.25, 0.3) is 0 Å². The van der Waals surface area contributed by atoms with Crippen LogP contribution in [0.5, 0.6) is 17.2 Å². The summed E-state index contributed by atoms with van der Waals surface area (Å²) in [5, 5.41) is 0. The lowest BCUT2D eigenvalue weighted by molar-refractivity contribution is 0.0770. The van der Waals surface area contributed by atoms with E-state index in [-0.39, 0.29) is 0 Å². The fourth-order valence-electron chi connectivity index (χ4n) is 1.80. The van der Waals surface area contributed by atoms with Crippen LogP contribution in [0.1, 0.15) is 5.56 Å². The van der Waals surface area contributed by atoms with E-state index in [1.807, 2.05) is 24.1 Å². The lowest BCUT2D eigenvalue weighted by Gasteiger charge is -2.18. The van der Waals surface area contributed by atoms with Gasteiger partial charge in [-0.25, -0.2) is 0 Å². The molecule has 0 aliphatic carbocycles. The van der Waals surface area contributed by atoms with Gasteiger partial charge in [0.15, 0.2) is 11.5 Å². The molecule has 0 unspecified atom stereocenters. The van der Waals surface area contributed by atoms with Crippen LogP contribution in [0.15, 0.2) is 12.1 Å². The van der Waals surface area contributed by atoms with Gasteiger partial charge in [0, 0.05) is 13.7 Å². The van der Waals surface area contributed by atoms with Crippen LogP contribution in [-0.2, 0) is 11.3 Å². The summed E-state index contributed by atoms with van der Waals surface area (Å²) in [7, 11) is 8.47. The van der Waals surface area contributed by atoms with Gasteiger partial charge in [-0.15, -0.1) is 0 Å². The van der Waals surface area contributed by atoms with E-state index >= 15 is 0 Å². The Morgan fingerprint density at radius 3 is 1.89 bits per heavy atom. The lowest BCUT2D eigenvalue weighted by Crippen LogP contribution is -2.20. The minimum absolute atomic E-state index is 0.566. The number of ether oxygens (including phenoxy) is 4. The molecule has 18 heavy (non-hydrogen) atoms. The smallest absolute Gasteiger partial charge is 0.203 e. The van der Waals surface area contributed by atoms with Crippen molar-refractivity contribution in [2.24, 2.45) is 0 Å². The van der Waals surface area contributed by atoms with Crippen molar-refractivity contribution in [3.05, 3.63) is 17.7 Å². The molecule has 1 aromatic carbocycles. The molecule has 102 valence electrons. The summed E-state index contributed by atoms with van der Waals surface area (Å²) in [5.74, 6) is 1.94. The molecule has 0 bridgehead atoms. The molecule has 5 heteroatoms. The number of hydrogen-bond donors (Lipinski definition) is 0. The highest BCUT2D eigenvalue weighted by Crippen LogP contribution is 2.38. The van der Waals surface area contributed by atoms with Crippen LogP contribution in [0.3, 0.4) is 0 Å². The first-order valence-electron chi connectivity index (χ1n) is 5.62. The third-order valence-corrected chi connectivity index (χ3v) is 2.53.